The first-order valence-corrected chi connectivity index (χ1v) is 7.99. The Labute approximate surface area is 136 Å². The van der Waals surface area contributed by atoms with E-state index in [1.807, 2.05) is 19.1 Å². The lowest BCUT2D eigenvalue weighted by Gasteiger charge is -2.13. The Kier molecular flexibility index (Phi) is 4.51. The Balaban J connectivity index is 1.66. The fraction of sp³-hybridized carbons (Fsp3) is 0.316. The van der Waals surface area contributed by atoms with Crippen LogP contribution in [0.1, 0.15) is 41.6 Å². The summed E-state index contributed by atoms with van der Waals surface area (Å²) in [6, 6.07) is 12.2. The van der Waals surface area contributed by atoms with Gasteiger partial charge in [-0.15, -0.1) is 0 Å². The average Bonchev–Trinajstić information content (AvgIpc) is 3.04. The van der Waals surface area contributed by atoms with Gasteiger partial charge in [0.2, 0.25) is 0 Å². The molecule has 1 fully saturated rings. The largest absolute Gasteiger partial charge is 0.506 e. The molecule has 0 heterocycles. The van der Waals surface area contributed by atoms with E-state index >= 15 is 0 Å². The lowest BCUT2D eigenvalue weighted by molar-refractivity contribution is 0.102. The van der Waals surface area contributed by atoms with Gasteiger partial charge in [0.05, 0.1) is 11.8 Å². The number of aromatic hydroxyl groups is 1. The number of ether oxygens (including phenoxy) is 1. The van der Waals surface area contributed by atoms with E-state index in [-0.39, 0.29) is 11.7 Å². The molecule has 2 N–H and O–H groups in total. The molecule has 1 aliphatic rings. The lowest BCUT2D eigenvalue weighted by Crippen LogP contribution is -2.13. The van der Waals surface area contributed by atoms with E-state index < -0.39 is 0 Å². The minimum Gasteiger partial charge on any atom is -0.506 e. The van der Waals surface area contributed by atoms with E-state index in [0.717, 1.165) is 24.2 Å². The highest BCUT2D eigenvalue weighted by Gasteiger charge is 2.16. The van der Waals surface area contributed by atoms with E-state index in [2.05, 4.69) is 5.32 Å². The van der Waals surface area contributed by atoms with E-state index in [1.54, 1.807) is 30.3 Å². The number of carbonyl (C=O) groups is 1. The fourth-order valence-corrected chi connectivity index (χ4v) is 2.83. The quantitative estimate of drug-likeness (QED) is 0.829. The fourth-order valence-electron chi connectivity index (χ4n) is 2.83. The molecule has 3 rings (SSSR count). The number of anilines is 1. The van der Waals surface area contributed by atoms with Gasteiger partial charge in [0.15, 0.2) is 0 Å². The maximum absolute atomic E-state index is 12.3. The highest BCUT2D eigenvalue weighted by Crippen LogP contribution is 2.26. The van der Waals surface area contributed by atoms with Crippen LogP contribution in [0.25, 0.3) is 0 Å². The third kappa shape index (κ3) is 3.83. The molecule has 0 atom stereocenters. The summed E-state index contributed by atoms with van der Waals surface area (Å²) in [5.74, 6) is 0.607. The molecule has 4 heteroatoms. The van der Waals surface area contributed by atoms with Crippen LogP contribution in [-0.2, 0) is 0 Å². The average molecular weight is 311 g/mol. The Bertz CT molecular complexity index is 688. The molecule has 0 spiro atoms. The third-order valence-corrected chi connectivity index (χ3v) is 4.12. The van der Waals surface area contributed by atoms with Crippen molar-refractivity contribution >= 4 is 11.6 Å². The molecule has 0 saturated heterocycles. The number of benzene rings is 2. The Hall–Kier alpha value is -2.49. The number of hydrogen-bond acceptors (Lipinski definition) is 3. The molecule has 0 bridgehead atoms. The summed E-state index contributed by atoms with van der Waals surface area (Å²) in [6.07, 6.45) is 4.97. The van der Waals surface area contributed by atoms with Crippen molar-refractivity contribution in [3.8, 4) is 11.5 Å². The number of carbonyl (C=O) groups excluding carboxylic acids is 1. The third-order valence-electron chi connectivity index (χ3n) is 4.12. The number of phenols is 1. The maximum Gasteiger partial charge on any atom is 0.255 e. The van der Waals surface area contributed by atoms with Gasteiger partial charge in [0.1, 0.15) is 11.5 Å². The van der Waals surface area contributed by atoms with Gasteiger partial charge in [0.25, 0.3) is 5.91 Å². The maximum atomic E-state index is 12.3. The van der Waals surface area contributed by atoms with Crippen molar-refractivity contribution in [2.24, 2.45) is 0 Å². The topological polar surface area (TPSA) is 58.6 Å². The van der Waals surface area contributed by atoms with Crippen LogP contribution < -0.4 is 10.1 Å². The zero-order chi connectivity index (χ0) is 16.2. The second-order valence-electron chi connectivity index (χ2n) is 6.02. The zero-order valence-electron chi connectivity index (χ0n) is 13.2. The number of phenolic OH excluding ortho intramolecular Hbond substituents is 1. The van der Waals surface area contributed by atoms with Crippen LogP contribution in [0, 0.1) is 6.92 Å². The number of amides is 1. The van der Waals surface area contributed by atoms with Crippen molar-refractivity contribution in [1.82, 2.24) is 0 Å². The Morgan fingerprint density at radius 2 is 1.83 bits per heavy atom. The molecular weight excluding hydrogens is 290 g/mol. The van der Waals surface area contributed by atoms with Gasteiger partial charge in [-0.25, -0.2) is 0 Å². The predicted octanol–water partition coefficient (Wildman–Crippen LogP) is 4.27. The second-order valence-corrected chi connectivity index (χ2v) is 6.02. The summed E-state index contributed by atoms with van der Waals surface area (Å²) < 4.78 is 5.89. The van der Waals surface area contributed by atoms with Crippen LogP contribution >= 0.6 is 0 Å². The molecule has 0 unspecified atom stereocenters. The van der Waals surface area contributed by atoms with Crippen LogP contribution in [0.5, 0.6) is 11.5 Å². The van der Waals surface area contributed by atoms with Crippen molar-refractivity contribution in [3.63, 3.8) is 0 Å². The zero-order valence-corrected chi connectivity index (χ0v) is 13.2. The first-order valence-electron chi connectivity index (χ1n) is 7.99. The van der Waals surface area contributed by atoms with Gasteiger partial charge in [-0.05, 0) is 74.6 Å². The summed E-state index contributed by atoms with van der Waals surface area (Å²) in [7, 11) is 0. The highest BCUT2D eigenvalue weighted by molar-refractivity contribution is 6.05. The number of rotatable bonds is 4. The molecule has 0 radical (unpaired) electrons. The molecule has 0 aliphatic heterocycles. The molecule has 0 aromatic heterocycles. The van der Waals surface area contributed by atoms with Gasteiger partial charge < -0.3 is 15.2 Å². The summed E-state index contributed by atoms with van der Waals surface area (Å²) >= 11 is 0. The Morgan fingerprint density at radius 1 is 1.13 bits per heavy atom. The molecule has 1 amide bonds. The van der Waals surface area contributed by atoms with Gasteiger partial charge in [-0.1, -0.05) is 6.07 Å². The van der Waals surface area contributed by atoms with Crippen LogP contribution in [0.3, 0.4) is 0 Å². The Morgan fingerprint density at radius 3 is 2.52 bits per heavy atom. The summed E-state index contributed by atoms with van der Waals surface area (Å²) in [4.78, 5) is 12.3. The van der Waals surface area contributed by atoms with Crippen LogP contribution in [0.2, 0.25) is 0 Å². The monoisotopic (exact) mass is 311 g/mol. The lowest BCUT2D eigenvalue weighted by atomic mass is 10.1. The van der Waals surface area contributed by atoms with Crippen molar-refractivity contribution in [1.29, 1.82) is 0 Å². The van der Waals surface area contributed by atoms with E-state index in [9.17, 15) is 9.90 Å². The van der Waals surface area contributed by atoms with Crippen molar-refractivity contribution in [2.45, 2.75) is 38.7 Å². The first-order chi connectivity index (χ1) is 11.1. The van der Waals surface area contributed by atoms with E-state index in [0.29, 0.717) is 17.4 Å². The molecule has 1 aliphatic carbocycles. The van der Waals surface area contributed by atoms with Crippen molar-refractivity contribution < 1.29 is 14.6 Å². The molecule has 4 nitrogen and oxygen atoms in total. The SMILES string of the molecule is Cc1ccc(O)c(NC(=O)c2ccc(OC3CCCC3)cc2)c1. The van der Waals surface area contributed by atoms with Gasteiger partial charge in [0, 0.05) is 5.56 Å². The smallest absolute Gasteiger partial charge is 0.255 e. The van der Waals surface area contributed by atoms with Crippen molar-refractivity contribution in [2.75, 3.05) is 5.32 Å². The van der Waals surface area contributed by atoms with Gasteiger partial charge in [-0.2, -0.15) is 0 Å². The van der Waals surface area contributed by atoms with E-state index in [1.165, 1.54) is 12.8 Å². The van der Waals surface area contributed by atoms with Crippen LogP contribution in [-0.4, -0.2) is 17.1 Å². The van der Waals surface area contributed by atoms with Gasteiger partial charge >= 0.3 is 0 Å². The van der Waals surface area contributed by atoms with Crippen LogP contribution in [0.15, 0.2) is 42.5 Å². The number of nitrogens with one attached hydrogen (secondary N) is 1. The highest BCUT2D eigenvalue weighted by atomic mass is 16.5. The molecule has 120 valence electrons. The van der Waals surface area contributed by atoms with Gasteiger partial charge in [-0.3, -0.25) is 4.79 Å². The minimum absolute atomic E-state index is 0.0603. The minimum atomic E-state index is -0.252. The normalized spacial score (nSPS) is 14.7. The summed E-state index contributed by atoms with van der Waals surface area (Å²) in [6.45, 7) is 1.91. The summed E-state index contributed by atoms with van der Waals surface area (Å²) in [5, 5.41) is 12.5. The second kappa shape index (κ2) is 6.73. The first kappa shape index (κ1) is 15.4. The van der Waals surface area contributed by atoms with E-state index in [4.69, 9.17) is 4.74 Å². The summed E-state index contributed by atoms with van der Waals surface area (Å²) in [5.41, 5.74) is 1.92. The molecule has 1 saturated carbocycles. The molecule has 2 aromatic carbocycles. The number of hydrogen-bond donors (Lipinski definition) is 2. The van der Waals surface area contributed by atoms with Crippen LogP contribution in [0.4, 0.5) is 5.69 Å². The standard InChI is InChI=1S/C19H21NO3/c1-13-6-11-18(21)17(12-13)20-19(22)14-7-9-16(10-8-14)23-15-4-2-3-5-15/h6-12,15,21H,2-5H2,1H3,(H,20,22). The molecule has 23 heavy (non-hydrogen) atoms. The van der Waals surface area contributed by atoms with Crippen molar-refractivity contribution in [3.05, 3.63) is 53.6 Å². The predicted molar refractivity (Wildman–Crippen MR) is 90.1 cm³/mol. The number of aryl methyl sites for hydroxylation is 1. The molecular formula is C19H21NO3. The molecule has 2 aromatic rings.